The SMILES string of the molecule is CC(C)(C)OC(=O)N1CCc2cc(Nc3ncc4c(=O)n(CC(F)(F)F)n(-c5cccc(C6(CO)CC6)n5)c4n3)ccc2C1. The number of carbonyl (C=O) groups excluding carboxylic acids is 1. The molecular formula is C30H32F3N7O4. The third-order valence-electron chi connectivity index (χ3n) is 7.78. The van der Waals surface area contributed by atoms with Gasteiger partial charge in [-0.05, 0) is 75.4 Å². The number of ether oxygens (including phenoxy) is 1. The van der Waals surface area contributed by atoms with Gasteiger partial charge in [0.05, 0.1) is 12.3 Å². The number of hydrogen-bond acceptors (Lipinski definition) is 8. The van der Waals surface area contributed by atoms with Crippen LogP contribution in [0.4, 0.5) is 29.6 Å². The van der Waals surface area contributed by atoms with Gasteiger partial charge in [-0.1, -0.05) is 12.1 Å². The lowest BCUT2D eigenvalue weighted by Gasteiger charge is -2.31. The molecule has 1 aliphatic heterocycles. The minimum atomic E-state index is -4.69. The summed E-state index contributed by atoms with van der Waals surface area (Å²) in [6.45, 7) is 4.65. The van der Waals surface area contributed by atoms with Crippen molar-refractivity contribution in [3.63, 3.8) is 0 Å². The third-order valence-corrected chi connectivity index (χ3v) is 7.78. The Bertz CT molecular complexity index is 1810. The van der Waals surface area contributed by atoms with Gasteiger partial charge in [0.1, 0.15) is 17.5 Å². The number of amides is 1. The molecule has 4 aromatic rings. The average Bonchev–Trinajstić information content (AvgIpc) is 3.72. The molecule has 4 heterocycles. The highest BCUT2D eigenvalue weighted by molar-refractivity contribution is 5.77. The van der Waals surface area contributed by atoms with Gasteiger partial charge in [0.15, 0.2) is 11.5 Å². The molecule has 0 spiro atoms. The minimum absolute atomic E-state index is 0.0405. The molecule has 14 heteroatoms. The maximum absolute atomic E-state index is 13.6. The van der Waals surface area contributed by atoms with E-state index < -0.39 is 29.3 Å². The number of pyridine rings is 1. The van der Waals surface area contributed by atoms with Crippen LogP contribution in [0.1, 0.15) is 50.4 Å². The van der Waals surface area contributed by atoms with E-state index in [1.807, 2.05) is 32.9 Å². The van der Waals surface area contributed by atoms with Gasteiger partial charge in [-0.2, -0.15) is 18.2 Å². The van der Waals surface area contributed by atoms with Gasteiger partial charge in [0.2, 0.25) is 5.95 Å². The quantitative estimate of drug-likeness (QED) is 0.324. The van der Waals surface area contributed by atoms with Crippen LogP contribution < -0.4 is 10.9 Å². The van der Waals surface area contributed by atoms with E-state index in [1.165, 1.54) is 12.3 Å². The summed E-state index contributed by atoms with van der Waals surface area (Å²) in [7, 11) is 0. The highest BCUT2D eigenvalue weighted by Gasteiger charge is 2.45. The van der Waals surface area contributed by atoms with Crippen LogP contribution in [0.2, 0.25) is 0 Å². The van der Waals surface area contributed by atoms with Gasteiger partial charge in [0, 0.05) is 30.4 Å². The average molecular weight is 612 g/mol. The second-order valence-corrected chi connectivity index (χ2v) is 12.3. The zero-order valence-corrected chi connectivity index (χ0v) is 24.5. The molecule has 2 aliphatic rings. The first-order valence-electron chi connectivity index (χ1n) is 14.3. The standard InChI is InChI=1S/C30H32F3N7O4/c1-28(2,3)44-27(43)38-12-9-18-13-20(8-7-19(18)15-38)35-26-34-14-21-24(37-26)40(39(25(21)42)16-30(31,32)33)23-6-4-5-22(36-23)29(17-41)10-11-29/h4-8,13-14,41H,9-12,15-17H2,1-3H3,(H,34,35,37). The first kappa shape index (κ1) is 29.6. The van der Waals surface area contributed by atoms with Gasteiger partial charge in [0.25, 0.3) is 5.56 Å². The lowest BCUT2D eigenvalue weighted by molar-refractivity contribution is -0.144. The van der Waals surface area contributed by atoms with E-state index in [4.69, 9.17) is 4.74 Å². The molecule has 3 aromatic heterocycles. The summed E-state index contributed by atoms with van der Waals surface area (Å²) in [6.07, 6.45) is -1.85. The smallest absolute Gasteiger partial charge is 0.410 e. The Morgan fingerprint density at radius 1 is 1.11 bits per heavy atom. The van der Waals surface area contributed by atoms with Crippen LogP contribution >= 0.6 is 0 Å². The predicted octanol–water partition coefficient (Wildman–Crippen LogP) is 4.60. The summed E-state index contributed by atoms with van der Waals surface area (Å²) >= 11 is 0. The lowest BCUT2D eigenvalue weighted by atomic mass is 9.99. The highest BCUT2D eigenvalue weighted by Crippen LogP contribution is 2.47. The van der Waals surface area contributed by atoms with E-state index in [0.717, 1.165) is 15.8 Å². The molecule has 2 N–H and O–H groups in total. The molecule has 1 saturated carbocycles. The Morgan fingerprint density at radius 2 is 1.89 bits per heavy atom. The van der Waals surface area contributed by atoms with E-state index in [1.54, 1.807) is 23.1 Å². The molecule has 11 nitrogen and oxygen atoms in total. The Kier molecular flexibility index (Phi) is 7.14. The van der Waals surface area contributed by atoms with E-state index in [0.29, 0.717) is 48.4 Å². The zero-order chi connectivity index (χ0) is 31.4. The first-order chi connectivity index (χ1) is 20.7. The van der Waals surface area contributed by atoms with Crippen molar-refractivity contribution < 1.29 is 27.8 Å². The number of nitrogens with zero attached hydrogens (tertiary/aromatic N) is 6. The van der Waals surface area contributed by atoms with Crippen LogP contribution in [-0.2, 0) is 29.7 Å². The van der Waals surface area contributed by atoms with E-state index in [9.17, 15) is 27.9 Å². The van der Waals surface area contributed by atoms with E-state index in [2.05, 4.69) is 20.3 Å². The number of fused-ring (bicyclic) bond motifs is 2. The molecular weight excluding hydrogens is 579 g/mol. The van der Waals surface area contributed by atoms with Gasteiger partial charge in [-0.3, -0.25) is 4.79 Å². The van der Waals surface area contributed by atoms with Crippen LogP contribution in [0.25, 0.3) is 16.9 Å². The Morgan fingerprint density at radius 3 is 2.57 bits per heavy atom. The molecule has 0 saturated heterocycles. The fraction of sp³-hybridized carbons (Fsp3) is 0.433. The number of hydrogen-bond donors (Lipinski definition) is 2. The number of anilines is 2. The Hall–Kier alpha value is -4.46. The number of benzene rings is 1. The van der Waals surface area contributed by atoms with Crippen molar-refractivity contribution in [1.82, 2.24) is 29.2 Å². The molecule has 0 radical (unpaired) electrons. The fourth-order valence-electron chi connectivity index (χ4n) is 5.36. The van der Waals surface area contributed by atoms with Gasteiger partial charge in [-0.25, -0.2) is 24.1 Å². The van der Waals surface area contributed by atoms with Crippen LogP contribution in [0.15, 0.2) is 47.4 Å². The summed E-state index contributed by atoms with van der Waals surface area (Å²) in [5, 5.41) is 12.9. The Balaban J connectivity index is 1.33. The van der Waals surface area contributed by atoms with Gasteiger partial charge < -0.3 is 20.1 Å². The molecule has 1 amide bonds. The van der Waals surface area contributed by atoms with Crippen LogP contribution in [0, 0.1) is 0 Å². The van der Waals surface area contributed by atoms with Crippen LogP contribution in [-0.4, -0.2) is 65.3 Å². The maximum atomic E-state index is 13.6. The normalized spacial score (nSPS) is 16.1. The van der Waals surface area contributed by atoms with E-state index >= 15 is 0 Å². The van der Waals surface area contributed by atoms with Crippen molar-refractivity contribution in [2.75, 3.05) is 18.5 Å². The van der Waals surface area contributed by atoms with Crippen molar-refractivity contribution in [1.29, 1.82) is 0 Å². The number of rotatable bonds is 6. The number of aliphatic hydroxyl groups excluding tert-OH is 1. The number of halogens is 3. The molecule has 0 bridgehead atoms. The summed E-state index contributed by atoms with van der Waals surface area (Å²) in [5.74, 6) is 0.151. The molecule has 232 valence electrons. The number of aliphatic hydroxyl groups is 1. The number of alkyl halides is 3. The number of nitrogens with one attached hydrogen (secondary N) is 1. The predicted molar refractivity (Wildman–Crippen MR) is 155 cm³/mol. The first-order valence-corrected chi connectivity index (χ1v) is 14.3. The molecule has 1 aromatic carbocycles. The van der Waals surface area contributed by atoms with Crippen molar-refractivity contribution in [3.05, 3.63) is 69.8 Å². The molecule has 0 unspecified atom stereocenters. The van der Waals surface area contributed by atoms with Gasteiger partial charge >= 0.3 is 12.3 Å². The summed E-state index contributed by atoms with van der Waals surface area (Å²) in [4.78, 5) is 40.6. The van der Waals surface area contributed by atoms with Crippen molar-refractivity contribution >= 4 is 28.8 Å². The van der Waals surface area contributed by atoms with Crippen LogP contribution in [0.3, 0.4) is 0 Å². The molecule has 44 heavy (non-hydrogen) atoms. The fourth-order valence-corrected chi connectivity index (χ4v) is 5.36. The number of aromatic nitrogens is 5. The lowest BCUT2D eigenvalue weighted by Crippen LogP contribution is -2.39. The third kappa shape index (κ3) is 5.85. The second-order valence-electron chi connectivity index (χ2n) is 12.3. The molecule has 1 aliphatic carbocycles. The highest BCUT2D eigenvalue weighted by atomic mass is 19.4. The zero-order valence-electron chi connectivity index (χ0n) is 24.5. The molecule has 6 rings (SSSR count). The number of carbonyl (C=O) groups is 1. The topological polar surface area (TPSA) is 127 Å². The van der Waals surface area contributed by atoms with Gasteiger partial charge in [-0.15, -0.1) is 0 Å². The van der Waals surface area contributed by atoms with Crippen molar-refractivity contribution in [2.45, 2.75) is 70.3 Å². The monoisotopic (exact) mass is 611 g/mol. The van der Waals surface area contributed by atoms with Crippen LogP contribution in [0.5, 0.6) is 0 Å². The van der Waals surface area contributed by atoms with Crippen molar-refractivity contribution in [2.24, 2.45) is 0 Å². The molecule has 0 atom stereocenters. The van der Waals surface area contributed by atoms with E-state index in [-0.39, 0.29) is 35.5 Å². The summed E-state index contributed by atoms with van der Waals surface area (Å²) < 4.78 is 48.0. The summed E-state index contributed by atoms with van der Waals surface area (Å²) in [5.41, 5.74) is 1.08. The molecule has 1 fully saturated rings. The van der Waals surface area contributed by atoms with Crippen molar-refractivity contribution in [3.8, 4) is 5.82 Å². The summed E-state index contributed by atoms with van der Waals surface area (Å²) in [6, 6.07) is 10.4. The maximum Gasteiger partial charge on any atom is 0.410 e. The Labute approximate surface area is 250 Å². The second kappa shape index (κ2) is 10.6. The minimum Gasteiger partial charge on any atom is -0.444 e. The largest absolute Gasteiger partial charge is 0.444 e.